The van der Waals surface area contributed by atoms with E-state index in [0.717, 1.165) is 24.5 Å². The summed E-state index contributed by atoms with van der Waals surface area (Å²) in [6.45, 7) is 0.347. The van der Waals surface area contributed by atoms with Crippen molar-refractivity contribution in [3.05, 3.63) is 42.0 Å². The van der Waals surface area contributed by atoms with Crippen LogP contribution in [0.2, 0.25) is 0 Å². The van der Waals surface area contributed by atoms with Crippen LogP contribution < -0.4 is 10.5 Å². The van der Waals surface area contributed by atoms with Gasteiger partial charge in [-0.2, -0.15) is 4.98 Å². The summed E-state index contributed by atoms with van der Waals surface area (Å²) in [5.41, 5.74) is 6.51. The van der Waals surface area contributed by atoms with Gasteiger partial charge in [-0.1, -0.05) is 23.4 Å². The number of para-hydroxylation sites is 1. The molecule has 0 atom stereocenters. The maximum absolute atomic E-state index is 6.01. The van der Waals surface area contributed by atoms with Crippen LogP contribution in [0, 0.1) is 5.41 Å². The van der Waals surface area contributed by atoms with Crippen LogP contribution in [0.15, 0.2) is 34.9 Å². The molecule has 1 aromatic carbocycles. The van der Waals surface area contributed by atoms with Gasteiger partial charge in [0.05, 0.1) is 0 Å². The van der Waals surface area contributed by atoms with Crippen molar-refractivity contribution >= 4 is 0 Å². The molecule has 2 fully saturated rings. The summed E-state index contributed by atoms with van der Waals surface area (Å²) in [5.74, 6) is 2.63. The molecule has 1 aromatic heterocycles. The van der Waals surface area contributed by atoms with Crippen molar-refractivity contribution in [1.82, 2.24) is 10.1 Å². The molecule has 5 nitrogen and oxygen atoms in total. The van der Waals surface area contributed by atoms with Gasteiger partial charge in [-0.3, -0.25) is 0 Å². The molecule has 2 aromatic rings. The quantitative estimate of drug-likeness (QED) is 0.936. The minimum Gasteiger partial charge on any atom is -0.485 e. The lowest BCUT2D eigenvalue weighted by molar-refractivity contribution is 0.0335. The number of hydrogen-bond donors (Lipinski definition) is 1. The van der Waals surface area contributed by atoms with Crippen LogP contribution in [0.1, 0.15) is 56.2 Å². The summed E-state index contributed by atoms with van der Waals surface area (Å²) >= 11 is 0. The van der Waals surface area contributed by atoms with Crippen molar-refractivity contribution in [2.24, 2.45) is 11.1 Å². The van der Waals surface area contributed by atoms with Gasteiger partial charge in [0.25, 0.3) is 0 Å². The minimum atomic E-state index is 0.347. The van der Waals surface area contributed by atoms with E-state index in [1.807, 2.05) is 30.3 Å². The maximum atomic E-state index is 6.01. The normalized spacial score (nSPS) is 30.1. The third kappa shape index (κ3) is 3.11. The van der Waals surface area contributed by atoms with Crippen LogP contribution in [-0.4, -0.2) is 16.2 Å². The standard InChI is InChI=1S/C18H23N3O2/c19-14-6-8-18(9-7-14)10-13(11-18)17-20-16(21-23-17)12-22-15-4-2-1-3-5-15/h1-5,13-14H,6-12,19H2. The van der Waals surface area contributed by atoms with Gasteiger partial charge in [-0.15, -0.1) is 0 Å². The van der Waals surface area contributed by atoms with E-state index in [4.69, 9.17) is 15.0 Å². The number of nitrogens with zero attached hydrogens (tertiary/aromatic N) is 2. The second-order valence-electron chi connectivity index (χ2n) is 7.09. The Morgan fingerprint density at radius 1 is 1.17 bits per heavy atom. The molecule has 2 aliphatic rings. The third-order valence-corrected chi connectivity index (χ3v) is 5.39. The van der Waals surface area contributed by atoms with Gasteiger partial charge in [0.1, 0.15) is 5.75 Å². The largest absolute Gasteiger partial charge is 0.485 e. The van der Waals surface area contributed by atoms with E-state index >= 15 is 0 Å². The van der Waals surface area contributed by atoms with E-state index in [2.05, 4.69) is 10.1 Å². The first-order chi connectivity index (χ1) is 11.2. The summed E-state index contributed by atoms with van der Waals surface area (Å²) in [5, 5.41) is 4.05. The van der Waals surface area contributed by atoms with Gasteiger partial charge in [0, 0.05) is 12.0 Å². The van der Waals surface area contributed by atoms with Crippen LogP contribution in [-0.2, 0) is 6.61 Å². The van der Waals surface area contributed by atoms with Gasteiger partial charge in [0.2, 0.25) is 11.7 Å². The average Bonchev–Trinajstić information content (AvgIpc) is 3.01. The topological polar surface area (TPSA) is 74.2 Å². The Labute approximate surface area is 136 Å². The fourth-order valence-corrected chi connectivity index (χ4v) is 3.98. The Morgan fingerprint density at radius 3 is 2.65 bits per heavy atom. The molecule has 4 rings (SSSR count). The van der Waals surface area contributed by atoms with Crippen LogP contribution in [0.4, 0.5) is 0 Å². The first kappa shape index (κ1) is 14.7. The molecular formula is C18H23N3O2. The SMILES string of the molecule is NC1CCC2(CC1)CC(c1nc(COc3ccccc3)no1)C2. The molecule has 0 amide bonds. The first-order valence-corrected chi connectivity index (χ1v) is 8.48. The Balaban J connectivity index is 1.31. The molecule has 2 aliphatic carbocycles. The molecular weight excluding hydrogens is 290 g/mol. The molecule has 0 saturated heterocycles. The van der Waals surface area contributed by atoms with Crippen LogP contribution in [0.25, 0.3) is 0 Å². The molecule has 23 heavy (non-hydrogen) atoms. The fourth-order valence-electron chi connectivity index (χ4n) is 3.98. The summed E-state index contributed by atoms with van der Waals surface area (Å²) in [6.07, 6.45) is 7.16. The molecule has 2 N–H and O–H groups in total. The van der Waals surface area contributed by atoms with E-state index in [-0.39, 0.29) is 0 Å². The van der Waals surface area contributed by atoms with Crippen LogP contribution in [0.3, 0.4) is 0 Å². The molecule has 0 bridgehead atoms. The highest BCUT2D eigenvalue weighted by atomic mass is 16.5. The van der Waals surface area contributed by atoms with Gasteiger partial charge >= 0.3 is 0 Å². The Hall–Kier alpha value is -1.88. The molecule has 0 unspecified atom stereocenters. The molecule has 2 saturated carbocycles. The lowest BCUT2D eigenvalue weighted by atomic mass is 9.55. The second-order valence-corrected chi connectivity index (χ2v) is 7.09. The number of benzene rings is 1. The number of aromatic nitrogens is 2. The Kier molecular flexibility index (Phi) is 3.81. The third-order valence-electron chi connectivity index (χ3n) is 5.39. The summed E-state index contributed by atoms with van der Waals surface area (Å²) < 4.78 is 11.1. The smallest absolute Gasteiger partial charge is 0.229 e. The first-order valence-electron chi connectivity index (χ1n) is 8.48. The molecule has 1 spiro atoms. The van der Waals surface area contributed by atoms with Gasteiger partial charge < -0.3 is 15.0 Å². The predicted molar refractivity (Wildman–Crippen MR) is 85.9 cm³/mol. The number of nitrogens with two attached hydrogens (primary N) is 1. The lowest BCUT2D eigenvalue weighted by Gasteiger charge is -2.50. The zero-order chi connectivity index (χ0) is 15.7. The van der Waals surface area contributed by atoms with E-state index in [1.165, 1.54) is 25.7 Å². The molecule has 0 aliphatic heterocycles. The van der Waals surface area contributed by atoms with Crippen molar-refractivity contribution < 1.29 is 9.26 Å². The van der Waals surface area contributed by atoms with Crippen molar-refractivity contribution in [1.29, 1.82) is 0 Å². The van der Waals surface area contributed by atoms with E-state index in [9.17, 15) is 0 Å². The number of rotatable bonds is 4. The highest BCUT2D eigenvalue weighted by Gasteiger charge is 2.48. The highest BCUT2D eigenvalue weighted by molar-refractivity contribution is 5.21. The zero-order valence-corrected chi connectivity index (χ0v) is 13.3. The van der Waals surface area contributed by atoms with E-state index < -0.39 is 0 Å². The highest BCUT2D eigenvalue weighted by Crippen LogP contribution is 2.57. The van der Waals surface area contributed by atoms with Gasteiger partial charge in [-0.25, -0.2) is 0 Å². The number of ether oxygens (including phenoxy) is 1. The molecule has 1 heterocycles. The average molecular weight is 313 g/mol. The Bertz CT molecular complexity index is 639. The molecule has 0 radical (unpaired) electrons. The van der Waals surface area contributed by atoms with E-state index in [1.54, 1.807) is 0 Å². The van der Waals surface area contributed by atoms with Crippen molar-refractivity contribution in [2.45, 2.75) is 57.1 Å². The van der Waals surface area contributed by atoms with Gasteiger partial charge in [-0.05, 0) is 56.1 Å². The zero-order valence-electron chi connectivity index (χ0n) is 13.3. The Morgan fingerprint density at radius 2 is 1.91 bits per heavy atom. The minimum absolute atomic E-state index is 0.347. The maximum Gasteiger partial charge on any atom is 0.229 e. The van der Waals surface area contributed by atoms with Crippen molar-refractivity contribution in [3.8, 4) is 5.75 Å². The van der Waals surface area contributed by atoms with Gasteiger partial charge in [0.15, 0.2) is 6.61 Å². The van der Waals surface area contributed by atoms with Crippen LogP contribution in [0.5, 0.6) is 5.75 Å². The molecule has 5 heteroatoms. The predicted octanol–water partition coefficient (Wildman–Crippen LogP) is 3.41. The lowest BCUT2D eigenvalue weighted by Crippen LogP contribution is -2.42. The van der Waals surface area contributed by atoms with Crippen LogP contribution >= 0.6 is 0 Å². The van der Waals surface area contributed by atoms with Crippen molar-refractivity contribution in [2.75, 3.05) is 0 Å². The summed E-state index contributed by atoms with van der Waals surface area (Å²) in [7, 11) is 0. The monoisotopic (exact) mass is 313 g/mol. The summed E-state index contributed by atoms with van der Waals surface area (Å²) in [6, 6.07) is 10.1. The summed E-state index contributed by atoms with van der Waals surface area (Å²) in [4.78, 5) is 4.51. The second kappa shape index (κ2) is 5.96. The van der Waals surface area contributed by atoms with Crippen molar-refractivity contribution in [3.63, 3.8) is 0 Å². The number of hydrogen-bond acceptors (Lipinski definition) is 5. The van der Waals surface area contributed by atoms with E-state index in [0.29, 0.717) is 29.8 Å². The molecule has 122 valence electrons. The fraction of sp³-hybridized carbons (Fsp3) is 0.556.